The fourth-order valence-corrected chi connectivity index (χ4v) is 5.37. The van der Waals surface area contributed by atoms with Crippen molar-refractivity contribution in [2.45, 2.75) is 51.6 Å². The first-order valence-corrected chi connectivity index (χ1v) is 15.6. The van der Waals surface area contributed by atoms with Crippen molar-refractivity contribution < 1.29 is 17.9 Å². The standard InChI is InChI=1S/C28H39N7O4S/c1-4-5-6-15-35(28(36)31-24-19-30-33(2)21-24)25-13-16-34(17-14-25)20-22-7-12-27(29-18-22)39-26-10-8-23(9-11-26)32-40(3,37)38/h7-12,18-19,21,25,32H,4-6,13-17,20H2,1-3H3,(H,31,36). The van der Waals surface area contributed by atoms with Crippen LogP contribution in [0.4, 0.5) is 16.2 Å². The monoisotopic (exact) mass is 569 g/mol. The molecule has 11 nitrogen and oxygen atoms in total. The van der Waals surface area contributed by atoms with E-state index in [1.165, 1.54) is 0 Å². The molecule has 2 aromatic heterocycles. The molecular weight excluding hydrogens is 530 g/mol. The molecule has 216 valence electrons. The third kappa shape index (κ3) is 8.95. The Morgan fingerprint density at radius 1 is 1.07 bits per heavy atom. The van der Waals surface area contributed by atoms with E-state index >= 15 is 0 Å². The number of anilines is 2. The number of hydrogen-bond acceptors (Lipinski definition) is 7. The third-order valence-corrected chi connectivity index (χ3v) is 7.41. The SMILES string of the molecule is CCCCCN(C(=O)Nc1cnn(C)c1)C1CCN(Cc2ccc(Oc3ccc(NS(C)(=O)=O)cc3)nc2)CC1. The second kappa shape index (κ2) is 13.6. The summed E-state index contributed by atoms with van der Waals surface area (Å²) in [5.41, 5.74) is 2.28. The molecule has 12 heteroatoms. The van der Waals surface area contributed by atoms with E-state index in [1.54, 1.807) is 35.1 Å². The first-order valence-electron chi connectivity index (χ1n) is 13.7. The summed E-state index contributed by atoms with van der Waals surface area (Å²) in [6, 6.07) is 10.7. The number of carbonyl (C=O) groups is 1. The summed E-state index contributed by atoms with van der Waals surface area (Å²) in [6.45, 7) is 5.52. The van der Waals surface area contributed by atoms with Crippen LogP contribution in [0.25, 0.3) is 0 Å². The van der Waals surface area contributed by atoms with E-state index in [-0.39, 0.29) is 12.1 Å². The van der Waals surface area contributed by atoms with E-state index in [0.717, 1.165) is 70.1 Å². The van der Waals surface area contributed by atoms with Gasteiger partial charge in [-0.05, 0) is 49.1 Å². The van der Waals surface area contributed by atoms with Gasteiger partial charge in [0.25, 0.3) is 0 Å². The molecule has 0 radical (unpaired) electrons. The minimum Gasteiger partial charge on any atom is -0.439 e. The molecule has 2 amide bonds. The van der Waals surface area contributed by atoms with Crippen LogP contribution in [0.1, 0.15) is 44.6 Å². The highest BCUT2D eigenvalue weighted by Gasteiger charge is 2.28. The maximum atomic E-state index is 13.1. The van der Waals surface area contributed by atoms with Gasteiger partial charge in [-0.1, -0.05) is 25.8 Å². The lowest BCUT2D eigenvalue weighted by molar-refractivity contribution is 0.122. The highest BCUT2D eigenvalue weighted by atomic mass is 32.2. The van der Waals surface area contributed by atoms with E-state index in [1.807, 2.05) is 36.5 Å². The van der Waals surface area contributed by atoms with Gasteiger partial charge in [-0.2, -0.15) is 5.10 Å². The fraction of sp³-hybridized carbons (Fsp3) is 0.464. The summed E-state index contributed by atoms with van der Waals surface area (Å²) in [7, 11) is -1.49. The van der Waals surface area contributed by atoms with Gasteiger partial charge in [0, 0.05) is 63.4 Å². The number of aryl methyl sites for hydroxylation is 1. The van der Waals surface area contributed by atoms with Gasteiger partial charge in [-0.3, -0.25) is 14.3 Å². The van der Waals surface area contributed by atoms with Crippen molar-refractivity contribution in [1.82, 2.24) is 24.6 Å². The fourth-order valence-electron chi connectivity index (χ4n) is 4.80. The maximum Gasteiger partial charge on any atom is 0.322 e. The minimum absolute atomic E-state index is 0.0522. The molecule has 0 unspecified atom stereocenters. The average Bonchev–Trinajstić information content (AvgIpc) is 3.33. The first-order chi connectivity index (χ1) is 19.2. The molecule has 0 saturated carbocycles. The molecule has 3 aromatic rings. The zero-order chi connectivity index (χ0) is 28.5. The molecule has 4 rings (SSSR count). The lowest BCUT2D eigenvalue weighted by Gasteiger charge is -2.38. The number of amides is 2. The largest absolute Gasteiger partial charge is 0.439 e. The lowest BCUT2D eigenvalue weighted by atomic mass is 10.0. The summed E-state index contributed by atoms with van der Waals surface area (Å²) in [6.07, 6.45) is 11.5. The molecular formula is C28H39N7O4S. The number of ether oxygens (including phenoxy) is 1. The van der Waals surface area contributed by atoms with Gasteiger partial charge < -0.3 is 15.0 Å². The Morgan fingerprint density at radius 3 is 2.42 bits per heavy atom. The predicted molar refractivity (Wildman–Crippen MR) is 156 cm³/mol. The second-order valence-corrected chi connectivity index (χ2v) is 12.0. The van der Waals surface area contributed by atoms with Crippen molar-refractivity contribution >= 4 is 27.4 Å². The van der Waals surface area contributed by atoms with E-state index in [2.05, 4.69) is 31.9 Å². The van der Waals surface area contributed by atoms with Gasteiger partial charge >= 0.3 is 6.03 Å². The van der Waals surface area contributed by atoms with Crippen molar-refractivity contribution in [3.63, 3.8) is 0 Å². The number of benzene rings is 1. The molecule has 0 aliphatic carbocycles. The lowest BCUT2D eigenvalue weighted by Crippen LogP contribution is -2.49. The Hall–Kier alpha value is -3.64. The molecule has 3 heterocycles. The van der Waals surface area contributed by atoms with Crippen LogP contribution in [0.15, 0.2) is 55.0 Å². The maximum absolute atomic E-state index is 13.1. The zero-order valence-electron chi connectivity index (χ0n) is 23.4. The normalized spacial score (nSPS) is 14.6. The summed E-state index contributed by atoms with van der Waals surface area (Å²) >= 11 is 0. The van der Waals surface area contributed by atoms with Crippen LogP contribution in [0.3, 0.4) is 0 Å². The zero-order valence-corrected chi connectivity index (χ0v) is 24.2. The molecule has 0 atom stereocenters. The number of carbonyl (C=O) groups excluding carboxylic acids is 1. The predicted octanol–water partition coefficient (Wildman–Crippen LogP) is 4.67. The quantitative estimate of drug-likeness (QED) is 0.304. The van der Waals surface area contributed by atoms with Crippen LogP contribution in [-0.4, -0.2) is 70.9 Å². The van der Waals surface area contributed by atoms with Gasteiger partial charge in [0.05, 0.1) is 18.1 Å². The third-order valence-electron chi connectivity index (χ3n) is 6.80. The van der Waals surface area contributed by atoms with Gasteiger partial charge in [0.15, 0.2) is 0 Å². The molecule has 1 aliphatic rings. The van der Waals surface area contributed by atoms with Gasteiger partial charge in [0.2, 0.25) is 15.9 Å². The van der Waals surface area contributed by atoms with Crippen molar-refractivity contribution in [3.8, 4) is 11.6 Å². The Labute approximate surface area is 236 Å². The summed E-state index contributed by atoms with van der Waals surface area (Å²) < 4.78 is 32.6. The van der Waals surface area contributed by atoms with Crippen molar-refractivity contribution in [2.24, 2.45) is 7.05 Å². The molecule has 40 heavy (non-hydrogen) atoms. The smallest absolute Gasteiger partial charge is 0.322 e. The molecule has 1 aromatic carbocycles. The number of hydrogen-bond donors (Lipinski definition) is 2. The highest BCUT2D eigenvalue weighted by molar-refractivity contribution is 7.92. The molecule has 1 saturated heterocycles. The topological polar surface area (TPSA) is 122 Å². The molecule has 0 bridgehead atoms. The average molecular weight is 570 g/mol. The number of rotatable bonds is 12. The van der Waals surface area contributed by atoms with E-state index < -0.39 is 10.0 Å². The van der Waals surface area contributed by atoms with Crippen LogP contribution in [0.2, 0.25) is 0 Å². The number of nitrogens with zero attached hydrogens (tertiary/aromatic N) is 5. The van der Waals surface area contributed by atoms with Crippen molar-refractivity contribution in [1.29, 1.82) is 0 Å². The van der Waals surface area contributed by atoms with Crippen molar-refractivity contribution in [3.05, 3.63) is 60.6 Å². The molecule has 0 spiro atoms. The number of sulfonamides is 1. The summed E-state index contributed by atoms with van der Waals surface area (Å²) in [5.74, 6) is 1.03. The molecule has 1 fully saturated rings. The number of piperidine rings is 1. The van der Waals surface area contributed by atoms with Crippen LogP contribution in [0.5, 0.6) is 11.6 Å². The Morgan fingerprint density at radius 2 is 1.82 bits per heavy atom. The van der Waals surface area contributed by atoms with Gasteiger partial charge in [0.1, 0.15) is 5.75 Å². The Balaban J connectivity index is 1.27. The number of aromatic nitrogens is 3. The highest BCUT2D eigenvalue weighted by Crippen LogP contribution is 2.24. The number of likely N-dealkylation sites (tertiary alicyclic amines) is 1. The summed E-state index contributed by atoms with van der Waals surface area (Å²) in [5, 5.41) is 7.16. The second-order valence-electron chi connectivity index (χ2n) is 10.2. The number of nitrogens with one attached hydrogen (secondary N) is 2. The Bertz CT molecular complexity index is 1340. The number of pyridine rings is 1. The minimum atomic E-state index is -3.32. The van der Waals surface area contributed by atoms with Crippen molar-refractivity contribution in [2.75, 3.05) is 35.9 Å². The van der Waals surface area contributed by atoms with Crippen LogP contribution in [0, 0.1) is 0 Å². The number of unbranched alkanes of at least 4 members (excludes halogenated alkanes) is 2. The number of urea groups is 1. The van der Waals surface area contributed by atoms with E-state index in [4.69, 9.17) is 4.74 Å². The van der Waals surface area contributed by atoms with E-state index in [9.17, 15) is 13.2 Å². The van der Waals surface area contributed by atoms with E-state index in [0.29, 0.717) is 23.0 Å². The van der Waals surface area contributed by atoms with Crippen LogP contribution >= 0.6 is 0 Å². The molecule has 1 aliphatic heterocycles. The van der Waals surface area contributed by atoms with Crippen LogP contribution in [-0.2, 0) is 23.6 Å². The van der Waals surface area contributed by atoms with Gasteiger partial charge in [-0.15, -0.1) is 0 Å². The van der Waals surface area contributed by atoms with Crippen LogP contribution < -0.4 is 14.8 Å². The first kappa shape index (κ1) is 29.3. The Kier molecular flexibility index (Phi) is 9.99. The van der Waals surface area contributed by atoms with Gasteiger partial charge in [-0.25, -0.2) is 18.2 Å². The summed E-state index contributed by atoms with van der Waals surface area (Å²) in [4.78, 5) is 22.0. The molecule has 2 N–H and O–H groups in total.